The molecule has 7 heteroatoms. The van der Waals surface area contributed by atoms with Crippen molar-refractivity contribution in [2.75, 3.05) is 10.6 Å². The molecule has 0 bridgehead atoms. The second kappa shape index (κ2) is 5.26. The molecule has 3 rings (SSSR count). The van der Waals surface area contributed by atoms with Crippen LogP contribution in [0.2, 0.25) is 10.3 Å². The molecular weight excluding hydrogens is 299 g/mol. The first-order valence-corrected chi connectivity index (χ1v) is 6.72. The summed E-state index contributed by atoms with van der Waals surface area (Å²) in [5, 5.41) is 6.06. The number of fused-ring (bicyclic) bond motifs is 1. The van der Waals surface area contributed by atoms with E-state index >= 15 is 0 Å². The zero-order valence-electron chi connectivity index (χ0n) is 10.2. The van der Waals surface area contributed by atoms with Gasteiger partial charge in [-0.2, -0.15) is 0 Å². The molecule has 102 valence electrons. The van der Waals surface area contributed by atoms with Gasteiger partial charge in [-0.1, -0.05) is 41.4 Å². The van der Waals surface area contributed by atoms with Crippen LogP contribution >= 0.6 is 23.2 Å². The monoisotopic (exact) mass is 308 g/mol. The molecule has 1 atom stereocenters. The van der Waals surface area contributed by atoms with Crippen LogP contribution in [0, 0.1) is 0 Å². The molecule has 1 aromatic heterocycles. The van der Waals surface area contributed by atoms with Crippen molar-refractivity contribution in [1.29, 1.82) is 0 Å². The molecule has 0 aliphatic carbocycles. The maximum atomic E-state index is 12.2. The summed E-state index contributed by atoms with van der Waals surface area (Å²) in [7, 11) is 0. The molecule has 0 spiro atoms. The molecule has 2 heterocycles. The Balaban J connectivity index is 1.76. The van der Waals surface area contributed by atoms with Gasteiger partial charge in [0.1, 0.15) is 18.1 Å². The Bertz CT molecular complexity index is 632. The molecule has 1 aromatic carbocycles. The number of amides is 1. The Hall–Kier alpha value is -1.85. The average Bonchev–Trinajstić information content (AvgIpc) is 2.87. The van der Waals surface area contributed by atoms with Crippen LogP contribution < -0.4 is 10.6 Å². The molecule has 0 saturated carbocycles. The summed E-state index contributed by atoms with van der Waals surface area (Å²) in [5.74, 6) is -0.222. The highest BCUT2D eigenvalue weighted by Crippen LogP contribution is 2.28. The molecule has 0 fully saturated rings. The summed E-state index contributed by atoms with van der Waals surface area (Å²) >= 11 is 11.8. The van der Waals surface area contributed by atoms with Gasteiger partial charge in [0.15, 0.2) is 10.3 Å². The highest BCUT2D eigenvalue weighted by Gasteiger charge is 2.27. The van der Waals surface area contributed by atoms with Gasteiger partial charge in [0.25, 0.3) is 0 Å². The molecule has 2 N–H and O–H groups in total. The fourth-order valence-corrected chi connectivity index (χ4v) is 2.52. The fraction of sp³-hybridized carbons (Fsp3) is 0.154. The van der Waals surface area contributed by atoms with Crippen LogP contribution in [0.15, 0.2) is 30.6 Å². The fourth-order valence-electron chi connectivity index (χ4n) is 2.11. The number of halogens is 2. The van der Waals surface area contributed by atoms with Gasteiger partial charge < -0.3 is 10.6 Å². The molecular formula is C13H10Cl2N4O. The average molecular weight is 309 g/mol. The van der Waals surface area contributed by atoms with Crippen molar-refractivity contribution in [2.24, 2.45) is 0 Å². The van der Waals surface area contributed by atoms with Gasteiger partial charge in [0, 0.05) is 12.1 Å². The lowest BCUT2D eigenvalue weighted by Crippen LogP contribution is -2.33. The normalized spacial score (nSPS) is 16.4. The minimum atomic E-state index is -0.361. The molecule has 2 aromatic rings. The molecule has 20 heavy (non-hydrogen) atoms. The Kier molecular flexibility index (Phi) is 3.46. The van der Waals surface area contributed by atoms with Crippen LogP contribution in [0.5, 0.6) is 0 Å². The number of nitrogens with zero attached hydrogens (tertiary/aromatic N) is 2. The summed E-state index contributed by atoms with van der Waals surface area (Å²) in [6, 6.07) is 7.43. The standard InChI is InChI=1S/C13H10Cl2N4O/c14-11-10(12(15)17-6-16-11)19-13(20)9-5-7-3-1-2-4-8(7)18-9/h1-4,6,9,18H,5H2,(H,19,20)/t9-/m0/s1. The third-order valence-electron chi connectivity index (χ3n) is 3.09. The van der Waals surface area contributed by atoms with Crippen molar-refractivity contribution >= 4 is 40.5 Å². The van der Waals surface area contributed by atoms with Gasteiger partial charge in [-0.15, -0.1) is 0 Å². The smallest absolute Gasteiger partial charge is 0.247 e. The molecule has 1 amide bonds. The van der Waals surface area contributed by atoms with Crippen LogP contribution in [0.4, 0.5) is 11.4 Å². The van der Waals surface area contributed by atoms with E-state index in [4.69, 9.17) is 23.2 Å². The summed E-state index contributed by atoms with van der Waals surface area (Å²) < 4.78 is 0. The number of aromatic nitrogens is 2. The predicted molar refractivity (Wildman–Crippen MR) is 78.2 cm³/mol. The van der Waals surface area contributed by atoms with Crippen molar-refractivity contribution in [3.05, 3.63) is 46.5 Å². The lowest BCUT2D eigenvalue weighted by molar-refractivity contribution is -0.116. The summed E-state index contributed by atoms with van der Waals surface area (Å²) in [4.78, 5) is 19.8. The van der Waals surface area contributed by atoms with E-state index < -0.39 is 0 Å². The molecule has 0 saturated heterocycles. The lowest BCUT2D eigenvalue weighted by atomic mass is 10.1. The SMILES string of the molecule is O=C(Nc1c(Cl)ncnc1Cl)[C@@H]1Cc2ccccc2N1. The van der Waals surface area contributed by atoms with E-state index in [1.54, 1.807) is 0 Å². The van der Waals surface area contributed by atoms with Gasteiger partial charge >= 0.3 is 0 Å². The Morgan fingerprint density at radius 3 is 2.65 bits per heavy atom. The topological polar surface area (TPSA) is 66.9 Å². The van der Waals surface area contributed by atoms with Crippen molar-refractivity contribution < 1.29 is 4.79 Å². The number of rotatable bonds is 2. The maximum Gasteiger partial charge on any atom is 0.247 e. The third-order valence-corrected chi connectivity index (χ3v) is 3.66. The second-order valence-corrected chi connectivity index (χ2v) is 5.09. The Morgan fingerprint density at radius 1 is 1.25 bits per heavy atom. The van der Waals surface area contributed by atoms with E-state index in [1.165, 1.54) is 6.33 Å². The highest BCUT2D eigenvalue weighted by molar-refractivity contribution is 6.38. The van der Waals surface area contributed by atoms with Gasteiger partial charge in [-0.3, -0.25) is 4.79 Å². The number of para-hydroxylation sites is 1. The largest absolute Gasteiger partial charge is 0.373 e. The summed E-state index contributed by atoms with van der Waals surface area (Å²) in [6.07, 6.45) is 1.86. The minimum Gasteiger partial charge on any atom is -0.373 e. The van der Waals surface area contributed by atoms with Crippen molar-refractivity contribution in [1.82, 2.24) is 9.97 Å². The minimum absolute atomic E-state index is 0.119. The van der Waals surface area contributed by atoms with E-state index in [1.807, 2.05) is 24.3 Å². The van der Waals surface area contributed by atoms with Gasteiger partial charge in [0.2, 0.25) is 5.91 Å². The summed E-state index contributed by atoms with van der Waals surface area (Å²) in [5.41, 5.74) is 2.31. The first-order valence-electron chi connectivity index (χ1n) is 5.96. The number of hydrogen-bond acceptors (Lipinski definition) is 4. The van der Waals surface area contributed by atoms with E-state index in [0.717, 1.165) is 11.3 Å². The molecule has 1 aliphatic heterocycles. The number of anilines is 2. The molecule has 1 aliphatic rings. The quantitative estimate of drug-likeness (QED) is 0.837. The van der Waals surface area contributed by atoms with E-state index in [2.05, 4.69) is 20.6 Å². The van der Waals surface area contributed by atoms with Gasteiger partial charge in [0.05, 0.1) is 0 Å². The van der Waals surface area contributed by atoms with Crippen LogP contribution in [0.3, 0.4) is 0 Å². The second-order valence-electron chi connectivity index (χ2n) is 4.38. The zero-order chi connectivity index (χ0) is 14.1. The molecule has 5 nitrogen and oxygen atoms in total. The van der Waals surface area contributed by atoms with Crippen LogP contribution in [0.1, 0.15) is 5.56 Å². The zero-order valence-corrected chi connectivity index (χ0v) is 11.7. The van der Waals surface area contributed by atoms with Crippen molar-refractivity contribution in [3.63, 3.8) is 0 Å². The van der Waals surface area contributed by atoms with E-state index in [9.17, 15) is 4.79 Å². The lowest BCUT2D eigenvalue weighted by Gasteiger charge is -2.13. The van der Waals surface area contributed by atoms with Crippen molar-refractivity contribution in [3.8, 4) is 0 Å². The van der Waals surface area contributed by atoms with E-state index in [-0.39, 0.29) is 27.9 Å². The van der Waals surface area contributed by atoms with E-state index in [0.29, 0.717) is 6.42 Å². The number of nitrogens with one attached hydrogen (secondary N) is 2. The first kappa shape index (κ1) is 13.1. The number of carbonyl (C=O) groups is 1. The summed E-state index contributed by atoms with van der Waals surface area (Å²) in [6.45, 7) is 0. The van der Waals surface area contributed by atoms with Crippen LogP contribution in [-0.4, -0.2) is 21.9 Å². The third kappa shape index (κ3) is 2.42. The number of hydrogen-bond donors (Lipinski definition) is 2. The van der Waals surface area contributed by atoms with Crippen molar-refractivity contribution in [2.45, 2.75) is 12.5 Å². The van der Waals surface area contributed by atoms with Gasteiger partial charge in [-0.05, 0) is 11.6 Å². The number of benzene rings is 1. The Morgan fingerprint density at radius 2 is 1.95 bits per heavy atom. The van der Waals surface area contributed by atoms with Crippen LogP contribution in [-0.2, 0) is 11.2 Å². The maximum absolute atomic E-state index is 12.2. The highest BCUT2D eigenvalue weighted by atomic mass is 35.5. The van der Waals surface area contributed by atoms with Gasteiger partial charge in [-0.25, -0.2) is 9.97 Å². The van der Waals surface area contributed by atoms with Crippen LogP contribution in [0.25, 0.3) is 0 Å². The predicted octanol–water partition coefficient (Wildman–Crippen LogP) is 2.76. The first-order chi connectivity index (χ1) is 9.65. The Labute approximate surface area is 125 Å². The molecule has 0 radical (unpaired) electrons. The molecule has 0 unspecified atom stereocenters. The number of carbonyl (C=O) groups excluding carboxylic acids is 1.